The van der Waals surface area contributed by atoms with Crippen molar-refractivity contribution in [3.8, 4) is 5.75 Å². The Labute approximate surface area is 233 Å². The molecule has 6 rings (SSSR count). The predicted molar refractivity (Wildman–Crippen MR) is 153 cm³/mol. The van der Waals surface area contributed by atoms with Crippen LogP contribution in [0.1, 0.15) is 38.7 Å². The largest absolute Gasteiger partial charge is 0.490 e. The van der Waals surface area contributed by atoms with Crippen LogP contribution in [0, 0.1) is 6.92 Å². The number of rotatable bonds is 5. The van der Waals surface area contributed by atoms with Crippen LogP contribution in [-0.4, -0.2) is 97.2 Å². The van der Waals surface area contributed by atoms with E-state index >= 15 is 0 Å². The maximum absolute atomic E-state index is 13.3. The summed E-state index contributed by atoms with van der Waals surface area (Å²) in [6, 6.07) is 18.7. The van der Waals surface area contributed by atoms with Crippen LogP contribution in [0.25, 0.3) is 0 Å². The van der Waals surface area contributed by atoms with E-state index in [1.165, 1.54) is 5.56 Å². The highest BCUT2D eigenvalue weighted by atomic mass is 16.8. The molecule has 212 valence electrons. The molecule has 0 bridgehead atoms. The average Bonchev–Trinajstić information content (AvgIpc) is 3.64. The molecule has 4 atom stereocenters. The van der Waals surface area contributed by atoms with Crippen molar-refractivity contribution in [1.82, 2.24) is 14.7 Å². The van der Waals surface area contributed by atoms with Crippen LogP contribution in [0.2, 0.25) is 0 Å². The molecular formula is C31H44N4O4. The normalized spacial score (nSPS) is 27.7. The second kappa shape index (κ2) is 11.8. The van der Waals surface area contributed by atoms with Crippen LogP contribution < -0.4 is 10.1 Å². The number of fused-ring (bicyclic) bond motifs is 2. The Balaban J connectivity index is 0.000000384. The first kappa shape index (κ1) is 27.9. The number of anilines is 1. The monoisotopic (exact) mass is 536 g/mol. The third kappa shape index (κ3) is 7.51. The number of hydrogen-bond donors (Lipinski definition) is 1. The van der Waals surface area contributed by atoms with Gasteiger partial charge >= 0.3 is 6.03 Å². The van der Waals surface area contributed by atoms with Crippen molar-refractivity contribution in [2.24, 2.45) is 0 Å². The van der Waals surface area contributed by atoms with Gasteiger partial charge in [0.1, 0.15) is 18.0 Å². The standard InChI is InChI=1S/C24H36N4O4.C7H8/c1-24(2)31-21-14-27(13-18-11-17(12-26(3)4)28(18)15-22(21)32-24)23(29)25-16-5-7-19(8-6-16)30-20-9-10-20;1-7-5-3-2-4-6-7/h5-8,17-18,20-22H,9-15H2,1-4H3,(H,25,29);2-6H,1H3/t17-,18+,21?,22?;/m0./s1. The zero-order chi connectivity index (χ0) is 27.6. The van der Waals surface area contributed by atoms with Crippen LogP contribution in [0.5, 0.6) is 5.75 Å². The smallest absolute Gasteiger partial charge is 0.321 e. The number of ether oxygens (including phenoxy) is 3. The van der Waals surface area contributed by atoms with E-state index in [1.54, 1.807) is 0 Å². The highest BCUT2D eigenvalue weighted by Crippen LogP contribution is 2.36. The van der Waals surface area contributed by atoms with Crippen molar-refractivity contribution in [1.29, 1.82) is 0 Å². The van der Waals surface area contributed by atoms with Crippen molar-refractivity contribution in [2.45, 2.75) is 76.2 Å². The number of urea groups is 1. The average molecular weight is 537 g/mol. The number of aryl methyl sites for hydroxylation is 1. The molecular weight excluding hydrogens is 492 g/mol. The minimum absolute atomic E-state index is 0.0353. The first-order valence-electron chi connectivity index (χ1n) is 14.3. The fraction of sp³-hybridized carbons (Fsp3) is 0.581. The van der Waals surface area contributed by atoms with Crippen LogP contribution in [-0.2, 0) is 9.47 Å². The Hall–Kier alpha value is -2.65. The molecule has 8 nitrogen and oxygen atoms in total. The second-order valence-corrected chi connectivity index (χ2v) is 12.0. The summed E-state index contributed by atoms with van der Waals surface area (Å²) >= 11 is 0. The molecule has 3 aliphatic heterocycles. The van der Waals surface area contributed by atoms with Gasteiger partial charge in [-0.25, -0.2) is 4.79 Å². The van der Waals surface area contributed by atoms with E-state index in [0.29, 0.717) is 31.3 Å². The van der Waals surface area contributed by atoms with Crippen LogP contribution in [0.4, 0.5) is 10.5 Å². The molecule has 2 amide bonds. The maximum atomic E-state index is 13.3. The molecule has 4 aliphatic rings. The third-order valence-electron chi connectivity index (χ3n) is 7.73. The van der Waals surface area contributed by atoms with E-state index < -0.39 is 5.79 Å². The summed E-state index contributed by atoms with van der Waals surface area (Å²) in [6.07, 6.45) is 3.55. The van der Waals surface area contributed by atoms with Gasteiger partial charge in [-0.1, -0.05) is 35.9 Å². The van der Waals surface area contributed by atoms with Gasteiger partial charge in [-0.15, -0.1) is 0 Å². The van der Waals surface area contributed by atoms with Gasteiger partial charge in [-0.05, 0) is 78.4 Å². The predicted octanol–water partition coefficient (Wildman–Crippen LogP) is 4.59. The number of hydrogen-bond acceptors (Lipinski definition) is 6. The molecule has 2 unspecified atom stereocenters. The van der Waals surface area contributed by atoms with E-state index in [-0.39, 0.29) is 18.2 Å². The van der Waals surface area contributed by atoms with E-state index in [9.17, 15) is 4.79 Å². The number of amides is 2. The number of carbonyl (C=O) groups is 1. The van der Waals surface area contributed by atoms with Gasteiger partial charge in [-0.3, -0.25) is 4.90 Å². The molecule has 3 saturated heterocycles. The molecule has 1 saturated carbocycles. The van der Waals surface area contributed by atoms with Gasteiger partial charge in [0, 0.05) is 37.4 Å². The summed E-state index contributed by atoms with van der Waals surface area (Å²) in [7, 11) is 4.22. The van der Waals surface area contributed by atoms with Crippen LogP contribution in [0.3, 0.4) is 0 Å². The van der Waals surface area contributed by atoms with Gasteiger partial charge < -0.3 is 29.3 Å². The number of benzene rings is 2. The van der Waals surface area contributed by atoms with E-state index in [2.05, 4.69) is 48.3 Å². The summed E-state index contributed by atoms with van der Waals surface area (Å²) in [5.41, 5.74) is 2.10. The molecule has 8 heteroatoms. The maximum Gasteiger partial charge on any atom is 0.321 e. The summed E-state index contributed by atoms with van der Waals surface area (Å²) in [6.45, 7) is 9.10. The molecule has 39 heavy (non-hydrogen) atoms. The first-order chi connectivity index (χ1) is 18.6. The Kier molecular flexibility index (Phi) is 8.47. The number of nitrogens with one attached hydrogen (secondary N) is 1. The van der Waals surface area contributed by atoms with Crippen molar-refractivity contribution in [3.05, 3.63) is 60.2 Å². The molecule has 0 aromatic heterocycles. The topological polar surface area (TPSA) is 66.5 Å². The second-order valence-electron chi connectivity index (χ2n) is 12.0. The number of carbonyl (C=O) groups excluding carboxylic acids is 1. The quantitative estimate of drug-likeness (QED) is 0.603. The lowest BCUT2D eigenvalue weighted by molar-refractivity contribution is -0.149. The molecule has 2 aromatic rings. The molecule has 2 aromatic carbocycles. The summed E-state index contributed by atoms with van der Waals surface area (Å²) in [4.78, 5) is 19.9. The Morgan fingerprint density at radius 3 is 2.26 bits per heavy atom. The number of likely N-dealkylation sites (N-methyl/N-ethyl adjacent to an activating group) is 1. The van der Waals surface area contributed by atoms with Gasteiger partial charge in [0.2, 0.25) is 0 Å². The highest BCUT2D eigenvalue weighted by Gasteiger charge is 2.49. The molecule has 3 heterocycles. The Bertz CT molecular complexity index is 1090. The lowest BCUT2D eigenvalue weighted by Crippen LogP contribution is -2.67. The van der Waals surface area contributed by atoms with Crippen molar-refractivity contribution in [3.63, 3.8) is 0 Å². The van der Waals surface area contributed by atoms with E-state index in [4.69, 9.17) is 14.2 Å². The van der Waals surface area contributed by atoms with Crippen molar-refractivity contribution in [2.75, 3.05) is 45.6 Å². The SMILES string of the molecule is CN(C)C[C@@H]1C[C@@H]2CN(C(=O)Nc3ccc(OC4CC4)cc3)CC3OC(C)(C)OC3CN21.Cc1ccccc1. The number of nitrogens with zero attached hydrogens (tertiary/aromatic N) is 3. The van der Waals surface area contributed by atoms with Gasteiger partial charge in [0.25, 0.3) is 0 Å². The van der Waals surface area contributed by atoms with Crippen molar-refractivity contribution >= 4 is 11.7 Å². The molecule has 1 aliphatic carbocycles. The Morgan fingerprint density at radius 2 is 1.67 bits per heavy atom. The molecule has 0 spiro atoms. The fourth-order valence-corrected chi connectivity index (χ4v) is 5.69. The lowest BCUT2D eigenvalue weighted by atomic mass is 9.89. The zero-order valence-electron chi connectivity index (χ0n) is 24.0. The van der Waals surface area contributed by atoms with Gasteiger partial charge in [-0.2, -0.15) is 0 Å². The van der Waals surface area contributed by atoms with Crippen LogP contribution >= 0.6 is 0 Å². The minimum Gasteiger partial charge on any atom is -0.490 e. The fourth-order valence-electron chi connectivity index (χ4n) is 5.69. The summed E-state index contributed by atoms with van der Waals surface area (Å²) < 4.78 is 18.3. The molecule has 0 radical (unpaired) electrons. The first-order valence-corrected chi connectivity index (χ1v) is 14.3. The minimum atomic E-state index is -0.628. The lowest BCUT2D eigenvalue weighted by Gasteiger charge is -2.53. The summed E-state index contributed by atoms with van der Waals surface area (Å²) in [5.74, 6) is 0.228. The van der Waals surface area contributed by atoms with Gasteiger partial charge in [0.15, 0.2) is 5.79 Å². The summed E-state index contributed by atoms with van der Waals surface area (Å²) in [5, 5.41) is 3.07. The van der Waals surface area contributed by atoms with Crippen molar-refractivity contribution < 1.29 is 19.0 Å². The Morgan fingerprint density at radius 1 is 1.00 bits per heavy atom. The molecule has 4 fully saturated rings. The highest BCUT2D eigenvalue weighted by molar-refractivity contribution is 5.89. The van der Waals surface area contributed by atoms with E-state index in [1.807, 2.05) is 61.2 Å². The van der Waals surface area contributed by atoms with Crippen LogP contribution in [0.15, 0.2) is 54.6 Å². The molecule has 1 N–H and O–H groups in total. The third-order valence-corrected chi connectivity index (χ3v) is 7.73. The van der Waals surface area contributed by atoms with E-state index in [0.717, 1.165) is 43.8 Å². The van der Waals surface area contributed by atoms with Gasteiger partial charge in [0.05, 0.1) is 12.6 Å². The zero-order valence-corrected chi connectivity index (χ0v) is 24.0.